The SMILES string of the molecule is CCNC(=NCCCCCCCN(C)C)NC1CCN(c2ncccc2F)C1.I. The molecule has 1 aromatic heterocycles. The second-order valence-corrected chi connectivity index (χ2v) is 7.72. The molecule has 1 aliphatic heterocycles. The molecule has 0 amide bonds. The summed E-state index contributed by atoms with van der Waals surface area (Å²) in [6, 6.07) is 3.35. The third-order valence-corrected chi connectivity index (χ3v) is 4.95. The number of anilines is 1. The first-order valence-electron chi connectivity index (χ1n) is 10.6. The van der Waals surface area contributed by atoms with Crippen LogP contribution in [0.3, 0.4) is 0 Å². The fraction of sp³-hybridized carbons (Fsp3) is 0.714. The van der Waals surface area contributed by atoms with Gasteiger partial charge in [0.15, 0.2) is 17.6 Å². The molecule has 1 unspecified atom stereocenters. The number of nitrogens with one attached hydrogen (secondary N) is 2. The highest BCUT2D eigenvalue weighted by atomic mass is 127. The fourth-order valence-electron chi connectivity index (χ4n) is 3.45. The van der Waals surface area contributed by atoms with Gasteiger partial charge in [0.05, 0.1) is 0 Å². The van der Waals surface area contributed by atoms with Crippen LogP contribution in [0.1, 0.15) is 45.4 Å². The Morgan fingerprint density at radius 2 is 2.03 bits per heavy atom. The Hall–Kier alpha value is -1.16. The zero-order valence-electron chi connectivity index (χ0n) is 18.2. The predicted molar refractivity (Wildman–Crippen MR) is 131 cm³/mol. The molecule has 0 spiro atoms. The Balaban J connectivity index is 0.00000420. The van der Waals surface area contributed by atoms with E-state index in [0.29, 0.717) is 5.82 Å². The summed E-state index contributed by atoms with van der Waals surface area (Å²) in [7, 11) is 4.25. The summed E-state index contributed by atoms with van der Waals surface area (Å²) in [4.78, 5) is 13.1. The molecule has 166 valence electrons. The van der Waals surface area contributed by atoms with Crippen molar-refractivity contribution in [3.05, 3.63) is 24.1 Å². The molecule has 0 bridgehead atoms. The third-order valence-electron chi connectivity index (χ3n) is 4.95. The first kappa shape index (κ1) is 25.9. The van der Waals surface area contributed by atoms with E-state index in [4.69, 9.17) is 4.99 Å². The fourth-order valence-corrected chi connectivity index (χ4v) is 3.45. The van der Waals surface area contributed by atoms with Gasteiger partial charge in [-0.3, -0.25) is 4.99 Å². The number of aromatic nitrogens is 1. The molecule has 0 radical (unpaired) electrons. The number of guanidine groups is 1. The molecule has 8 heteroatoms. The summed E-state index contributed by atoms with van der Waals surface area (Å²) in [5, 5.41) is 6.83. The summed E-state index contributed by atoms with van der Waals surface area (Å²) in [5.74, 6) is 1.06. The van der Waals surface area contributed by atoms with Gasteiger partial charge in [-0.15, -0.1) is 24.0 Å². The number of hydrogen-bond donors (Lipinski definition) is 2. The number of rotatable bonds is 11. The second-order valence-electron chi connectivity index (χ2n) is 7.72. The lowest BCUT2D eigenvalue weighted by molar-refractivity contribution is 0.390. The van der Waals surface area contributed by atoms with Gasteiger partial charge in [-0.25, -0.2) is 9.37 Å². The Morgan fingerprint density at radius 1 is 1.28 bits per heavy atom. The molecule has 2 N–H and O–H groups in total. The lowest BCUT2D eigenvalue weighted by Crippen LogP contribution is -2.44. The second kappa shape index (κ2) is 14.8. The minimum atomic E-state index is -0.255. The van der Waals surface area contributed by atoms with Crippen LogP contribution >= 0.6 is 24.0 Å². The van der Waals surface area contributed by atoms with Crippen LogP contribution in [0.25, 0.3) is 0 Å². The number of halogens is 2. The lowest BCUT2D eigenvalue weighted by atomic mass is 10.1. The third kappa shape index (κ3) is 9.93. The van der Waals surface area contributed by atoms with E-state index < -0.39 is 0 Å². The van der Waals surface area contributed by atoms with Crippen LogP contribution in [0, 0.1) is 5.82 Å². The molecular formula is C21H38FIN6. The normalized spacial score (nSPS) is 16.8. The number of hydrogen-bond acceptors (Lipinski definition) is 4. The van der Waals surface area contributed by atoms with Crippen LogP contribution in [-0.4, -0.2) is 68.7 Å². The summed E-state index contributed by atoms with van der Waals surface area (Å²) >= 11 is 0. The van der Waals surface area contributed by atoms with Gasteiger partial charge in [-0.1, -0.05) is 19.3 Å². The largest absolute Gasteiger partial charge is 0.357 e. The van der Waals surface area contributed by atoms with Gasteiger partial charge < -0.3 is 20.4 Å². The van der Waals surface area contributed by atoms with Crippen LogP contribution < -0.4 is 15.5 Å². The molecule has 1 aliphatic rings. The molecule has 1 saturated heterocycles. The summed E-state index contributed by atoms with van der Waals surface area (Å²) in [5.41, 5.74) is 0. The minimum Gasteiger partial charge on any atom is -0.357 e. The standard InChI is InChI=1S/C21H37FN6.HI/c1-4-23-21(25-13-8-6-5-7-9-15-27(2)3)26-18-12-16-28(17-18)20-19(22)11-10-14-24-20;/h10-11,14,18H,4-9,12-13,15-17H2,1-3H3,(H2,23,25,26);1H. The van der Waals surface area contributed by atoms with E-state index in [-0.39, 0.29) is 35.8 Å². The molecule has 1 aromatic rings. The van der Waals surface area contributed by atoms with Crippen LogP contribution in [0.4, 0.5) is 10.2 Å². The summed E-state index contributed by atoms with van der Waals surface area (Å²) in [6.45, 7) is 6.47. The molecule has 0 saturated carbocycles. The van der Waals surface area contributed by atoms with Gasteiger partial charge in [0, 0.05) is 38.4 Å². The smallest absolute Gasteiger partial charge is 0.191 e. The van der Waals surface area contributed by atoms with Gasteiger partial charge in [-0.05, 0) is 59.0 Å². The van der Waals surface area contributed by atoms with E-state index in [1.807, 2.05) is 4.90 Å². The van der Waals surface area contributed by atoms with Crippen molar-refractivity contribution >= 4 is 35.8 Å². The van der Waals surface area contributed by atoms with Crippen molar-refractivity contribution in [3.8, 4) is 0 Å². The van der Waals surface area contributed by atoms with E-state index in [9.17, 15) is 4.39 Å². The van der Waals surface area contributed by atoms with Crippen LogP contribution in [-0.2, 0) is 0 Å². The Kier molecular flexibility index (Phi) is 13.2. The molecule has 0 aromatic carbocycles. The molecule has 1 fully saturated rings. The zero-order chi connectivity index (χ0) is 20.2. The van der Waals surface area contributed by atoms with Gasteiger partial charge in [0.1, 0.15) is 0 Å². The van der Waals surface area contributed by atoms with Crippen molar-refractivity contribution in [1.82, 2.24) is 20.5 Å². The maximum atomic E-state index is 13.9. The Labute approximate surface area is 192 Å². The van der Waals surface area contributed by atoms with Crippen molar-refractivity contribution in [1.29, 1.82) is 0 Å². The first-order chi connectivity index (χ1) is 13.6. The predicted octanol–water partition coefficient (Wildman–Crippen LogP) is 3.48. The van der Waals surface area contributed by atoms with Crippen molar-refractivity contribution in [3.63, 3.8) is 0 Å². The monoisotopic (exact) mass is 520 g/mol. The Bertz CT molecular complexity index is 598. The van der Waals surface area contributed by atoms with E-state index in [0.717, 1.165) is 45.0 Å². The van der Waals surface area contributed by atoms with Gasteiger partial charge in [-0.2, -0.15) is 0 Å². The van der Waals surface area contributed by atoms with E-state index >= 15 is 0 Å². The highest BCUT2D eigenvalue weighted by molar-refractivity contribution is 14.0. The maximum Gasteiger partial charge on any atom is 0.191 e. The minimum absolute atomic E-state index is 0. The summed E-state index contributed by atoms with van der Waals surface area (Å²) in [6.07, 6.45) is 8.79. The topological polar surface area (TPSA) is 55.8 Å². The van der Waals surface area contributed by atoms with Gasteiger partial charge in [0.2, 0.25) is 0 Å². The maximum absolute atomic E-state index is 13.9. The zero-order valence-corrected chi connectivity index (χ0v) is 20.5. The van der Waals surface area contributed by atoms with Gasteiger partial charge in [0.25, 0.3) is 0 Å². The van der Waals surface area contributed by atoms with Crippen molar-refractivity contribution < 1.29 is 4.39 Å². The van der Waals surface area contributed by atoms with E-state index in [1.54, 1.807) is 12.3 Å². The molecule has 2 heterocycles. The molecule has 29 heavy (non-hydrogen) atoms. The molecule has 2 rings (SSSR count). The van der Waals surface area contributed by atoms with Crippen LogP contribution in [0.5, 0.6) is 0 Å². The number of nitrogens with zero attached hydrogens (tertiary/aromatic N) is 4. The molecule has 1 atom stereocenters. The average Bonchev–Trinajstić information content (AvgIpc) is 3.12. The lowest BCUT2D eigenvalue weighted by Gasteiger charge is -2.20. The Morgan fingerprint density at radius 3 is 2.76 bits per heavy atom. The average molecular weight is 520 g/mol. The van der Waals surface area contributed by atoms with Crippen LogP contribution in [0.15, 0.2) is 23.3 Å². The quantitative estimate of drug-likeness (QED) is 0.203. The number of aliphatic imine (C=N–C) groups is 1. The summed E-state index contributed by atoms with van der Waals surface area (Å²) < 4.78 is 13.9. The molecule has 0 aliphatic carbocycles. The van der Waals surface area contributed by atoms with Crippen molar-refractivity contribution in [2.75, 3.05) is 51.7 Å². The molecular weight excluding hydrogens is 482 g/mol. The number of pyridine rings is 1. The van der Waals surface area contributed by atoms with Gasteiger partial charge >= 0.3 is 0 Å². The van der Waals surface area contributed by atoms with Crippen LogP contribution in [0.2, 0.25) is 0 Å². The van der Waals surface area contributed by atoms with Crippen molar-refractivity contribution in [2.45, 2.75) is 51.5 Å². The van der Waals surface area contributed by atoms with E-state index in [1.165, 1.54) is 38.3 Å². The highest BCUT2D eigenvalue weighted by Gasteiger charge is 2.25. The number of unbranched alkanes of at least 4 members (excludes halogenated alkanes) is 4. The van der Waals surface area contributed by atoms with E-state index in [2.05, 4.69) is 41.5 Å². The van der Waals surface area contributed by atoms with Crippen molar-refractivity contribution in [2.24, 2.45) is 4.99 Å². The molecule has 6 nitrogen and oxygen atoms in total. The first-order valence-corrected chi connectivity index (χ1v) is 10.6. The highest BCUT2D eigenvalue weighted by Crippen LogP contribution is 2.20.